The number of nitrogens with zero attached hydrogens (tertiary/aromatic N) is 1. The van der Waals surface area contributed by atoms with E-state index in [-0.39, 0.29) is 11.7 Å². The molecule has 1 fully saturated rings. The molecule has 1 aliphatic rings. The van der Waals surface area contributed by atoms with E-state index < -0.39 is 0 Å². The monoisotopic (exact) mass is 244 g/mol. The van der Waals surface area contributed by atoms with Crippen molar-refractivity contribution in [3.05, 3.63) is 40.8 Å². The van der Waals surface area contributed by atoms with Gasteiger partial charge in [0, 0.05) is 30.6 Å². The van der Waals surface area contributed by atoms with Crippen LogP contribution in [0.2, 0.25) is 0 Å². The van der Waals surface area contributed by atoms with E-state index in [2.05, 4.69) is 4.90 Å². The topological polar surface area (TPSA) is 59.5 Å². The zero-order chi connectivity index (χ0) is 12.5. The van der Waals surface area contributed by atoms with Crippen molar-refractivity contribution in [2.75, 3.05) is 18.0 Å². The summed E-state index contributed by atoms with van der Waals surface area (Å²) in [4.78, 5) is 13.8. The lowest BCUT2D eigenvalue weighted by Gasteiger charge is -2.32. The Bertz CT molecular complexity index is 620. The Morgan fingerprint density at radius 2 is 2.17 bits per heavy atom. The third-order valence-electron chi connectivity index (χ3n) is 3.43. The van der Waals surface area contributed by atoms with Crippen molar-refractivity contribution in [1.29, 1.82) is 0 Å². The molecule has 18 heavy (non-hydrogen) atoms. The zero-order valence-corrected chi connectivity index (χ0v) is 10.1. The van der Waals surface area contributed by atoms with Crippen LogP contribution in [0.15, 0.2) is 39.5 Å². The first-order chi connectivity index (χ1) is 8.74. The number of rotatable bonds is 1. The second-order valence-electron chi connectivity index (χ2n) is 4.80. The molecule has 0 spiro atoms. The molecule has 0 amide bonds. The van der Waals surface area contributed by atoms with E-state index in [1.807, 2.05) is 24.3 Å². The van der Waals surface area contributed by atoms with Gasteiger partial charge in [-0.25, -0.2) is 4.79 Å². The normalized spacial score (nSPS) is 20.3. The molecule has 94 valence electrons. The lowest BCUT2D eigenvalue weighted by atomic mass is 10.0. The Labute approximate surface area is 105 Å². The van der Waals surface area contributed by atoms with Crippen molar-refractivity contribution in [2.24, 2.45) is 5.73 Å². The van der Waals surface area contributed by atoms with Gasteiger partial charge in [-0.15, -0.1) is 0 Å². The van der Waals surface area contributed by atoms with Crippen LogP contribution in [0.25, 0.3) is 11.0 Å². The Hall–Kier alpha value is -1.81. The second kappa shape index (κ2) is 4.46. The average Bonchev–Trinajstić information content (AvgIpc) is 2.37. The zero-order valence-electron chi connectivity index (χ0n) is 10.1. The maximum Gasteiger partial charge on any atom is 0.338 e. The van der Waals surface area contributed by atoms with E-state index in [4.69, 9.17) is 10.2 Å². The molecule has 4 nitrogen and oxygen atoms in total. The minimum atomic E-state index is -0.303. The highest BCUT2D eigenvalue weighted by Gasteiger charge is 2.19. The van der Waals surface area contributed by atoms with Crippen LogP contribution in [0.4, 0.5) is 5.69 Å². The minimum Gasteiger partial charge on any atom is -0.423 e. The van der Waals surface area contributed by atoms with Crippen molar-refractivity contribution in [3.63, 3.8) is 0 Å². The molecule has 1 atom stereocenters. The summed E-state index contributed by atoms with van der Waals surface area (Å²) in [5.41, 5.74) is 7.28. The highest BCUT2D eigenvalue weighted by atomic mass is 16.4. The lowest BCUT2D eigenvalue weighted by Crippen LogP contribution is -2.43. The summed E-state index contributed by atoms with van der Waals surface area (Å²) < 4.78 is 5.21. The van der Waals surface area contributed by atoms with Crippen molar-refractivity contribution in [3.8, 4) is 0 Å². The highest BCUT2D eigenvalue weighted by molar-refractivity contribution is 5.90. The SMILES string of the molecule is N[C@H]1CCCN(c2cc(=O)oc3ccccc23)C1. The molecule has 3 rings (SSSR count). The van der Waals surface area contributed by atoms with E-state index in [0.29, 0.717) is 5.58 Å². The van der Waals surface area contributed by atoms with Crippen molar-refractivity contribution in [1.82, 2.24) is 0 Å². The Morgan fingerprint density at radius 3 is 3.00 bits per heavy atom. The number of anilines is 1. The van der Waals surface area contributed by atoms with Gasteiger partial charge in [0.15, 0.2) is 0 Å². The molecule has 0 radical (unpaired) electrons. The molecule has 2 N–H and O–H groups in total. The highest BCUT2D eigenvalue weighted by Crippen LogP contribution is 2.27. The van der Waals surface area contributed by atoms with Crippen molar-refractivity contribution in [2.45, 2.75) is 18.9 Å². The van der Waals surface area contributed by atoms with Crippen LogP contribution in [-0.2, 0) is 0 Å². The van der Waals surface area contributed by atoms with Crippen LogP contribution in [-0.4, -0.2) is 19.1 Å². The number of piperidine rings is 1. The van der Waals surface area contributed by atoms with Gasteiger partial charge in [0.05, 0.1) is 5.69 Å². The molecule has 4 heteroatoms. The molecule has 0 unspecified atom stereocenters. The van der Waals surface area contributed by atoms with Crippen LogP contribution in [0, 0.1) is 0 Å². The predicted octanol–water partition coefficient (Wildman–Crippen LogP) is 1.72. The number of hydrogen-bond acceptors (Lipinski definition) is 4. The lowest BCUT2D eigenvalue weighted by molar-refractivity contribution is 0.504. The van der Waals surface area contributed by atoms with Gasteiger partial charge in [-0.2, -0.15) is 0 Å². The van der Waals surface area contributed by atoms with Gasteiger partial charge in [-0.05, 0) is 25.0 Å². The molecule has 1 aliphatic heterocycles. The number of nitrogens with two attached hydrogens (primary N) is 1. The molecule has 1 aromatic carbocycles. The van der Waals surface area contributed by atoms with Crippen LogP contribution in [0.5, 0.6) is 0 Å². The van der Waals surface area contributed by atoms with E-state index in [0.717, 1.165) is 37.0 Å². The molecule has 0 bridgehead atoms. The number of para-hydroxylation sites is 1. The standard InChI is InChI=1S/C14H16N2O2/c15-10-4-3-7-16(9-10)12-8-14(17)18-13-6-2-1-5-11(12)13/h1-2,5-6,8,10H,3-4,7,9,15H2/t10-/m0/s1. The van der Waals surface area contributed by atoms with Gasteiger partial charge < -0.3 is 15.1 Å². The van der Waals surface area contributed by atoms with E-state index in [1.165, 1.54) is 0 Å². The first-order valence-corrected chi connectivity index (χ1v) is 6.27. The second-order valence-corrected chi connectivity index (χ2v) is 4.80. The maximum atomic E-state index is 11.6. The van der Waals surface area contributed by atoms with Gasteiger partial charge in [0.25, 0.3) is 0 Å². The first kappa shape index (κ1) is 11.3. The van der Waals surface area contributed by atoms with Gasteiger partial charge in [0.2, 0.25) is 0 Å². The minimum absolute atomic E-state index is 0.185. The number of benzene rings is 1. The largest absolute Gasteiger partial charge is 0.423 e. The van der Waals surface area contributed by atoms with Crippen LogP contribution < -0.4 is 16.3 Å². The Kier molecular flexibility index (Phi) is 2.80. The van der Waals surface area contributed by atoms with E-state index in [9.17, 15) is 4.79 Å². The van der Waals surface area contributed by atoms with Gasteiger partial charge in [-0.1, -0.05) is 12.1 Å². The molecular formula is C14H16N2O2. The quantitative estimate of drug-likeness (QED) is 0.776. The maximum absolute atomic E-state index is 11.6. The summed E-state index contributed by atoms with van der Waals surface area (Å²) in [7, 11) is 0. The number of hydrogen-bond donors (Lipinski definition) is 1. The summed E-state index contributed by atoms with van der Waals surface area (Å²) in [5.74, 6) is 0. The van der Waals surface area contributed by atoms with E-state index in [1.54, 1.807) is 6.07 Å². The van der Waals surface area contributed by atoms with Crippen LogP contribution in [0.1, 0.15) is 12.8 Å². The number of fused-ring (bicyclic) bond motifs is 1. The van der Waals surface area contributed by atoms with Gasteiger partial charge >= 0.3 is 5.63 Å². The van der Waals surface area contributed by atoms with Crippen molar-refractivity contribution < 1.29 is 4.42 Å². The van der Waals surface area contributed by atoms with Crippen molar-refractivity contribution >= 4 is 16.7 Å². The summed E-state index contributed by atoms with van der Waals surface area (Å²) in [6, 6.07) is 9.38. The van der Waals surface area contributed by atoms with Crippen LogP contribution >= 0.6 is 0 Å². The summed E-state index contributed by atoms with van der Waals surface area (Å²) >= 11 is 0. The fraction of sp³-hybridized carbons (Fsp3) is 0.357. The van der Waals surface area contributed by atoms with Crippen LogP contribution in [0.3, 0.4) is 0 Å². The Balaban J connectivity index is 2.12. The molecule has 1 aromatic heterocycles. The average molecular weight is 244 g/mol. The smallest absolute Gasteiger partial charge is 0.338 e. The third-order valence-corrected chi connectivity index (χ3v) is 3.43. The molecular weight excluding hydrogens is 228 g/mol. The molecule has 1 saturated heterocycles. The summed E-state index contributed by atoms with van der Waals surface area (Å²) in [6.45, 7) is 1.74. The van der Waals surface area contributed by atoms with E-state index >= 15 is 0 Å². The summed E-state index contributed by atoms with van der Waals surface area (Å²) in [5, 5.41) is 0.978. The van der Waals surface area contributed by atoms with Gasteiger partial charge in [-0.3, -0.25) is 0 Å². The molecule has 0 saturated carbocycles. The summed E-state index contributed by atoms with van der Waals surface area (Å²) in [6.07, 6.45) is 2.12. The predicted molar refractivity (Wildman–Crippen MR) is 71.9 cm³/mol. The molecule has 2 aromatic rings. The molecule has 2 heterocycles. The van der Waals surface area contributed by atoms with Gasteiger partial charge in [0.1, 0.15) is 5.58 Å². The third kappa shape index (κ3) is 1.99. The first-order valence-electron chi connectivity index (χ1n) is 6.27. The molecule has 0 aliphatic carbocycles. The fourth-order valence-electron chi connectivity index (χ4n) is 2.58. The Morgan fingerprint density at radius 1 is 1.33 bits per heavy atom. The fourth-order valence-corrected chi connectivity index (χ4v) is 2.58.